The molecule has 0 saturated carbocycles. The number of halogens is 4. The Kier molecular flexibility index (Phi) is 5.39. The number of carbonyl (C=O) groups is 2. The quantitative estimate of drug-likeness (QED) is 0.767. The number of urea groups is 1. The Morgan fingerprint density at radius 2 is 1.89 bits per heavy atom. The van der Waals surface area contributed by atoms with E-state index in [9.17, 15) is 27.2 Å². The van der Waals surface area contributed by atoms with Gasteiger partial charge in [-0.15, -0.1) is 0 Å². The molecule has 0 bridgehead atoms. The molecule has 148 valence electrons. The van der Waals surface area contributed by atoms with Crippen LogP contribution in [0, 0.1) is 5.82 Å². The molecule has 10 heteroatoms. The molecule has 2 aromatic rings. The summed E-state index contributed by atoms with van der Waals surface area (Å²) in [4.78, 5) is 25.1. The van der Waals surface area contributed by atoms with E-state index in [4.69, 9.17) is 4.74 Å². The van der Waals surface area contributed by atoms with E-state index in [1.54, 1.807) is 0 Å². The molecule has 1 fully saturated rings. The van der Waals surface area contributed by atoms with Crippen molar-refractivity contribution < 1.29 is 31.9 Å². The van der Waals surface area contributed by atoms with Gasteiger partial charge < -0.3 is 15.4 Å². The maximum absolute atomic E-state index is 13.0. The van der Waals surface area contributed by atoms with Gasteiger partial charge in [0.1, 0.15) is 11.9 Å². The molecule has 0 aliphatic carbocycles. The number of carbonyl (C=O) groups excluding carboxylic acids is 2. The number of rotatable bonds is 4. The van der Waals surface area contributed by atoms with Gasteiger partial charge in [0, 0.05) is 11.4 Å². The van der Waals surface area contributed by atoms with Crippen molar-refractivity contribution in [3.63, 3.8) is 0 Å². The van der Waals surface area contributed by atoms with Crippen LogP contribution in [0.1, 0.15) is 5.56 Å². The Morgan fingerprint density at radius 1 is 1.18 bits per heavy atom. The first-order valence-electron chi connectivity index (χ1n) is 8.18. The molecule has 0 spiro atoms. The number of nitrogens with one attached hydrogen (secondary N) is 2. The lowest BCUT2D eigenvalue weighted by atomic mass is 10.2. The van der Waals surface area contributed by atoms with E-state index < -0.39 is 35.8 Å². The van der Waals surface area contributed by atoms with Crippen molar-refractivity contribution >= 4 is 23.5 Å². The lowest BCUT2D eigenvalue weighted by Gasteiger charge is -2.13. The molecule has 6 nitrogen and oxygen atoms in total. The van der Waals surface area contributed by atoms with E-state index in [0.717, 1.165) is 12.1 Å². The van der Waals surface area contributed by atoms with Crippen LogP contribution in [0.3, 0.4) is 0 Å². The highest BCUT2D eigenvalue weighted by molar-refractivity contribution is 5.91. The zero-order valence-corrected chi connectivity index (χ0v) is 14.3. The maximum atomic E-state index is 13.0. The zero-order chi connectivity index (χ0) is 20.3. The molecule has 0 aromatic heterocycles. The highest BCUT2D eigenvalue weighted by Gasteiger charge is 2.33. The lowest BCUT2D eigenvalue weighted by molar-refractivity contribution is -0.137. The molecule has 3 rings (SSSR count). The van der Waals surface area contributed by atoms with Crippen LogP contribution in [-0.2, 0) is 10.9 Å². The largest absolute Gasteiger partial charge is 0.442 e. The lowest BCUT2D eigenvalue weighted by Crippen LogP contribution is -2.37. The van der Waals surface area contributed by atoms with E-state index in [0.29, 0.717) is 5.69 Å². The predicted octanol–water partition coefficient (Wildman–Crippen LogP) is 3.99. The van der Waals surface area contributed by atoms with Gasteiger partial charge >= 0.3 is 18.3 Å². The number of hydrogen-bond donors (Lipinski definition) is 2. The summed E-state index contributed by atoms with van der Waals surface area (Å²) in [5.41, 5.74) is -0.462. The Balaban J connectivity index is 1.53. The van der Waals surface area contributed by atoms with Gasteiger partial charge in [-0.05, 0) is 42.5 Å². The molecule has 2 aromatic carbocycles. The minimum absolute atomic E-state index is 0.0244. The Hall–Kier alpha value is -3.30. The molecular weight excluding hydrogens is 382 g/mol. The van der Waals surface area contributed by atoms with Crippen molar-refractivity contribution in [3.05, 3.63) is 59.9 Å². The predicted molar refractivity (Wildman–Crippen MR) is 92.5 cm³/mol. The van der Waals surface area contributed by atoms with Gasteiger partial charge in [0.05, 0.1) is 18.7 Å². The van der Waals surface area contributed by atoms with Crippen LogP contribution >= 0.6 is 0 Å². The average Bonchev–Trinajstić information content (AvgIpc) is 3.01. The first-order chi connectivity index (χ1) is 13.2. The van der Waals surface area contributed by atoms with E-state index in [2.05, 4.69) is 10.6 Å². The first-order valence-corrected chi connectivity index (χ1v) is 8.18. The third kappa shape index (κ3) is 4.70. The molecule has 1 saturated heterocycles. The summed E-state index contributed by atoms with van der Waals surface area (Å²) >= 11 is 0. The number of ether oxygens (including phenoxy) is 1. The highest BCUT2D eigenvalue weighted by atomic mass is 19.4. The summed E-state index contributed by atoms with van der Waals surface area (Å²) in [6, 6.07) is 8.72. The summed E-state index contributed by atoms with van der Waals surface area (Å²) in [5, 5.41) is 4.73. The molecule has 0 unspecified atom stereocenters. The highest BCUT2D eigenvalue weighted by Crippen LogP contribution is 2.30. The van der Waals surface area contributed by atoms with E-state index >= 15 is 0 Å². The average molecular weight is 397 g/mol. The number of amides is 3. The summed E-state index contributed by atoms with van der Waals surface area (Å²) in [6.45, 7) is 0.0858. The van der Waals surface area contributed by atoms with Gasteiger partial charge in [-0.25, -0.2) is 14.0 Å². The van der Waals surface area contributed by atoms with Gasteiger partial charge in [0.25, 0.3) is 0 Å². The molecule has 1 aliphatic rings. The Bertz CT molecular complexity index is 871. The second kappa shape index (κ2) is 7.75. The van der Waals surface area contributed by atoms with Crippen LogP contribution in [0.25, 0.3) is 0 Å². The van der Waals surface area contributed by atoms with Gasteiger partial charge in [-0.2, -0.15) is 13.2 Å². The van der Waals surface area contributed by atoms with Gasteiger partial charge in [-0.3, -0.25) is 4.90 Å². The molecule has 0 radical (unpaired) electrons. The van der Waals surface area contributed by atoms with Crippen LogP contribution in [-0.4, -0.2) is 31.3 Å². The molecule has 1 heterocycles. The van der Waals surface area contributed by atoms with Crippen LogP contribution in [0.15, 0.2) is 48.5 Å². The van der Waals surface area contributed by atoms with Gasteiger partial charge in [-0.1, -0.05) is 6.07 Å². The third-order valence-corrected chi connectivity index (χ3v) is 3.95. The number of nitrogens with zero attached hydrogens (tertiary/aromatic N) is 1. The van der Waals surface area contributed by atoms with Crippen molar-refractivity contribution in [1.29, 1.82) is 0 Å². The fourth-order valence-electron chi connectivity index (χ4n) is 2.61. The normalized spacial score (nSPS) is 16.6. The molecule has 28 heavy (non-hydrogen) atoms. The number of alkyl halides is 3. The summed E-state index contributed by atoms with van der Waals surface area (Å²) in [6.07, 6.45) is -5.82. The summed E-state index contributed by atoms with van der Waals surface area (Å²) < 4.78 is 56.2. The number of anilines is 2. The fourth-order valence-corrected chi connectivity index (χ4v) is 2.61. The van der Waals surface area contributed by atoms with Gasteiger partial charge in [0.15, 0.2) is 0 Å². The van der Waals surface area contributed by atoms with Crippen molar-refractivity contribution in [2.24, 2.45) is 0 Å². The molecule has 1 aliphatic heterocycles. The second-order valence-corrected chi connectivity index (χ2v) is 6.01. The number of cyclic esters (lactones) is 1. The molecule has 2 N–H and O–H groups in total. The zero-order valence-electron chi connectivity index (χ0n) is 14.3. The van der Waals surface area contributed by atoms with Gasteiger partial charge in [0.2, 0.25) is 0 Å². The van der Waals surface area contributed by atoms with E-state index in [1.165, 1.54) is 41.3 Å². The standard InChI is InChI=1S/C18H15F4N3O3/c19-12-4-6-14(7-5-12)25-10-15(28-17(25)27)9-23-16(26)24-13-3-1-2-11(8-13)18(20,21)22/h1-8,15H,9-10H2,(H2,23,24,26)/t15-/m1/s1. The fraction of sp³-hybridized carbons (Fsp3) is 0.222. The first kappa shape index (κ1) is 19.5. The number of benzene rings is 2. The van der Waals surface area contributed by atoms with E-state index in [1.807, 2.05) is 0 Å². The SMILES string of the molecule is O=C(NC[C@@H]1CN(c2ccc(F)cc2)C(=O)O1)Nc1cccc(C(F)(F)F)c1. The van der Waals surface area contributed by atoms with Crippen molar-refractivity contribution in [1.82, 2.24) is 5.32 Å². The molecule has 1 atom stereocenters. The van der Waals surface area contributed by atoms with Crippen LogP contribution in [0.4, 0.5) is 38.5 Å². The summed E-state index contributed by atoms with van der Waals surface area (Å²) in [7, 11) is 0. The second-order valence-electron chi connectivity index (χ2n) is 6.01. The van der Waals surface area contributed by atoms with Crippen LogP contribution in [0.5, 0.6) is 0 Å². The smallest absolute Gasteiger partial charge is 0.416 e. The Morgan fingerprint density at radius 3 is 2.57 bits per heavy atom. The topological polar surface area (TPSA) is 70.7 Å². The van der Waals surface area contributed by atoms with Crippen molar-refractivity contribution in [2.75, 3.05) is 23.3 Å². The third-order valence-electron chi connectivity index (χ3n) is 3.95. The molecular formula is C18H15F4N3O3. The summed E-state index contributed by atoms with van der Waals surface area (Å²) in [5.74, 6) is -0.444. The minimum atomic E-state index is -4.52. The van der Waals surface area contributed by atoms with Crippen molar-refractivity contribution in [3.8, 4) is 0 Å². The monoisotopic (exact) mass is 397 g/mol. The molecule has 3 amide bonds. The Labute approximate surface area is 157 Å². The van der Waals surface area contributed by atoms with Crippen molar-refractivity contribution in [2.45, 2.75) is 12.3 Å². The minimum Gasteiger partial charge on any atom is -0.442 e. The number of hydrogen-bond acceptors (Lipinski definition) is 3. The van der Waals surface area contributed by atoms with E-state index in [-0.39, 0.29) is 18.8 Å². The van der Waals surface area contributed by atoms with Crippen LogP contribution < -0.4 is 15.5 Å². The van der Waals surface area contributed by atoms with Crippen LogP contribution in [0.2, 0.25) is 0 Å². The maximum Gasteiger partial charge on any atom is 0.416 e.